The lowest BCUT2D eigenvalue weighted by Crippen LogP contribution is -2.48. The Bertz CT molecular complexity index is 606. The molecule has 0 spiro atoms. The van der Waals surface area contributed by atoms with Crippen LogP contribution in [0.5, 0.6) is 0 Å². The van der Waals surface area contributed by atoms with Crippen LogP contribution in [-0.2, 0) is 9.53 Å². The van der Waals surface area contributed by atoms with E-state index in [9.17, 15) is 14.4 Å². The third-order valence-corrected chi connectivity index (χ3v) is 4.25. The summed E-state index contributed by atoms with van der Waals surface area (Å²) in [5.41, 5.74) is 0.588. The van der Waals surface area contributed by atoms with E-state index in [-0.39, 0.29) is 11.6 Å². The van der Waals surface area contributed by atoms with Gasteiger partial charge >= 0.3 is 12.0 Å². The monoisotopic (exact) mass is 337 g/mol. The normalized spacial score (nSPS) is 20.3. The first kappa shape index (κ1) is 18.0. The van der Waals surface area contributed by atoms with Crippen LogP contribution in [0.2, 0.25) is 0 Å². The SMILES string of the molecule is Cc1noc(C)c1C(=O)OCC(=O)NC(=O)N[C@H]1CCCC[C@H]1C. The van der Waals surface area contributed by atoms with Gasteiger partial charge in [0.25, 0.3) is 5.91 Å². The molecule has 1 fully saturated rings. The van der Waals surface area contributed by atoms with Crippen LogP contribution in [0.1, 0.15) is 54.4 Å². The summed E-state index contributed by atoms with van der Waals surface area (Å²) in [7, 11) is 0. The van der Waals surface area contributed by atoms with Crippen molar-refractivity contribution in [3.8, 4) is 0 Å². The number of carbonyl (C=O) groups excluding carboxylic acids is 3. The number of aryl methyl sites for hydroxylation is 2. The van der Waals surface area contributed by atoms with Crippen LogP contribution in [0.15, 0.2) is 4.52 Å². The molecule has 8 nitrogen and oxygen atoms in total. The molecule has 0 bridgehead atoms. The molecule has 0 aliphatic heterocycles. The number of ether oxygens (including phenoxy) is 1. The predicted molar refractivity (Wildman–Crippen MR) is 84.4 cm³/mol. The molecule has 2 N–H and O–H groups in total. The highest BCUT2D eigenvalue weighted by Crippen LogP contribution is 2.23. The molecule has 132 valence electrons. The maximum Gasteiger partial charge on any atom is 0.344 e. The number of urea groups is 1. The van der Waals surface area contributed by atoms with Crippen molar-refractivity contribution < 1.29 is 23.6 Å². The summed E-state index contributed by atoms with van der Waals surface area (Å²) in [4.78, 5) is 35.5. The molecule has 0 radical (unpaired) electrons. The summed E-state index contributed by atoms with van der Waals surface area (Å²) in [6.07, 6.45) is 4.20. The molecule has 1 heterocycles. The highest BCUT2D eigenvalue weighted by atomic mass is 16.5. The molecule has 2 rings (SSSR count). The van der Waals surface area contributed by atoms with Crippen LogP contribution in [0, 0.1) is 19.8 Å². The van der Waals surface area contributed by atoms with Crippen LogP contribution in [0.4, 0.5) is 4.79 Å². The second-order valence-electron chi connectivity index (χ2n) is 6.17. The van der Waals surface area contributed by atoms with Gasteiger partial charge in [0.15, 0.2) is 6.61 Å². The number of esters is 1. The van der Waals surface area contributed by atoms with E-state index in [1.807, 2.05) is 0 Å². The smallest absolute Gasteiger partial charge is 0.344 e. The number of hydrogen-bond acceptors (Lipinski definition) is 6. The topological polar surface area (TPSA) is 111 Å². The van der Waals surface area contributed by atoms with Gasteiger partial charge in [0.1, 0.15) is 11.3 Å². The lowest BCUT2D eigenvalue weighted by atomic mass is 9.86. The lowest BCUT2D eigenvalue weighted by Gasteiger charge is -2.29. The zero-order valence-corrected chi connectivity index (χ0v) is 14.2. The highest BCUT2D eigenvalue weighted by molar-refractivity contribution is 5.97. The number of amides is 3. The summed E-state index contributed by atoms with van der Waals surface area (Å²) in [5, 5.41) is 8.61. The number of rotatable bonds is 4. The van der Waals surface area contributed by atoms with Gasteiger partial charge in [0.05, 0.1) is 5.69 Å². The Kier molecular flexibility index (Phi) is 5.94. The minimum absolute atomic E-state index is 0.0661. The van der Waals surface area contributed by atoms with Gasteiger partial charge in [-0.25, -0.2) is 9.59 Å². The van der Waals surface area contributed by atoms with Crippen molar-refractivity contribution in [2.24, 2.45) is 5.92 Å². The van der Waals surface area contributed by atoms with E-state index >= 15 is 0 Å². The Balaban J connectivity index is 1.76. The van der Waals surface area contributed by atoms with Gasteiger partial charge in [-0.05, 0) is 32.6 Å². The second-order valence-corrected chi connectivity index (χ2v) is 6.17. The first-order chi connectivity index (χ1) is 11.4. The van der Waals surface area contributed by atoms with Gasteiger partial charge in [-0.2, -0.15) is 0 Å². The van der Waals surface area contributed by atoms with Crippen molar-refractivity contribution in [3.05, 3.63) is 17.0 Å². The first-order valence-corrected chi connectivity index (χ1v) is 8.08. The van der Waals surface area contributed by atoms with E-state index in [0.29, 0.717) is 17.4 Å². The third kappa shape index (κ3) is 4.56. The molecule has 2 atom stereocenters. The zero-order chi connectivity index (χ0) is 17.7. The van der Waals surface area contributed by atoms with Crippen LogP contribution >= 0.6 is 0 Å². The Morgan fingerprint density at radius 3 is 2.58 bits per heavy atom. The fourth-order valence-electron chi connectivity index (χ4n) is 2.88. The maximum absolute atomic E-state index is 11.9. The lowest BCUT2D eigenvalue weighted by molar-refractivity contribution is -0.123. The first-order valence-electron chi connectivity index (χ1n) is 8.08. The van der Waals surface area contributed by atoms with Crippen molar-refractivity contribution in [1.82, 2.24) is 15.8 Å². The Morgan fingerprint density at radius 2 is 1.96 bits per heavy atom. The van der Waals surface area contributed by atoms with Gasteiger partial charge in [-0.1, -0.05) is 24.9 Å². The van der Waals surface area contributed by atoms with Crippen LogP contribution in [-0.4, -0.2) is 35.7 Å². The number of aromatic nitrogens is 1. The summed E-state index contributed by atoms with van der Waals surface area (Å²) in [6.45, 7) is 4.72. The molecular weight excluding hydrogens is 314 g/mol. The average Bonchev–Trinajstić information content (AvgIpc) is 2.86. The van der Waals surface area contributed by atoms with E-state index in [0.717, 1.165) is 25.7 Å². The molecular formula is C16H23N3O5. The fourth-order valence-corrected chi connectivity index (χ4v) is 2.88. The molecule has 1 aromatic rings. The number of imide groups is 1. The Morgan fingerprint density at radius 1 is 1.25 bits per heavy atom. The number of hydrogen-bond donors (Lipinski definition) is 2. The number of carbonyl (C=O) groups is 3. The summed E-state index contributed by atoms with van der Waals surface area (Å²) < 4.78 is 9.76. The standard InChI is InChI=1S/C16H23N3O5/c1-9-6-4-5-7-12(9)17-16(22)18-13(20)8-23-15(21)14-10(2)19-24-11(14)3/h9,12H,4-8H2,1-3H3,(H2,17,18,20,22)/t9-,12+/m1/s1. The molecule has 8 heteroatoms. The minimum atomic E-state index is -0.706. The van der Waals surface area contributed by atoms with Crippen LogP contribution in [0.25, 0.3) is 0 Å². The van der Waals surface area contributed by atoms with Crippen molar-refractivity contribution in [1.29, 1.82) is 0 Å². The van der Waals surface area contributed by atoms with Crippen molar-refractivity contribution in [2.45, 2.75) is 52.5 Å². The molecule has 1 aliphatic carbocycles. The highest BCUT2D eigenvalue weighted by Gasteiger charge is 2.24. The van der Waals surface area contributed by atoms with Crippen molar-refractivity contribution in [3.63, 3.8) is 0 Å². The van der Waals surface area contributed by atoms with Gasteiger partial charge in [0.2, 0.25) is 0 Å². The molecule has 0 unspecified atom stereocenters. The van der Waals surface area contributed by atoms with E-state index in [2.05, 4.69) is 22.7 Å². The van der Waals surface area contributed by atoms with Gasteiger partial charge in [-0.3, -0.25) is 10.1 Å². The molecule has 1 saturated carbocycles. The van der Waals surface area contributed by atoms with Gasteiger partial charge < -0.3 is 14.6 Å². The van der Waals surface area contributed by atoms with Crippen LogP contribution in [0.3, 0.4) is 0 Å². The van der Waals surface area contributed by atoms with E-state index < -0.39 is 24.5 Å². The molecule has 3 amide bonds. The Labute approximate surface area is 140 Å². The van der Waals surface area contributed by atoms with Crippen LogP contribution < -0.4 is 10.6 Å². The minimum Gasteiger partial charge on any atom is -0.452 e. The molecule has 24 heavy (non-hydrogen) atoms. The largest absolute Gasteiger partial charge is 0.452 e. The van der Waals surface area contributed by atoms with Gasteiger partial charge in [-0.15, -0.1) is 0 Å². The summed E-state index contributed by atoms with van der Waals surface area (Å²) in [5.74, 6) is -0.683. The van der Waals surface area contributed by atoms with Crippen molar-refractivity contribution in [2.75, 3.05) is 6.61 Å². The second kappa shape index (κ2) is 7.94. The van der Waals surface area contributed by atoms with Crippen molar-refractivity contribution >= 4 is 17.9 Å². The van der Waals surface area contributed by atoms with E-state index in [4.69, 9.17) is 9.26 Å². The van der Waals surface area contributed by atoms with E-state index in [1.54, 1.807) is 13.8 Å². The third-order valence-electron chi connectivity index (χ3n) is 4.25. The Hall–Kier alpha value is -2.38. The van der Waals surface area contributed by atoms with Gasteiger partial charge in [0, 0.05) is 6.04 Å². The molecule has 0 aromatic carbocycles. The maximum atomic E-state index is 11.9. The molecule has 1 aliphatic rings. The summed E-state index contributed by atoms with van der Waals surface area (Å²) >= 11 is 0. The number of nitrogens with one attached hydrogen (secondary N) is 2. The van der Waals surface area contributed by atoms with E-state index in [1.165, 1.54) is 0 Å². The fraction of sp³-hybridized carbons (Fsp3) is 0.625. The average molecular weight is 337 g/mol. The zero-order valence-electron chi connectivity index (χ0n) is 14.2. The predicted octanol–water partition coefficient (Wildman–Crippen LogP) is 1.85. The molecule has 0 saturated heterocycles. The summed E-state index contributed by atoms with van der Waals surface area (Å²) in [6, 6.07) is -0.497. The molecule has 1 aromatic heterocycles. The quantitative estimate of drug-likeness (QED) is 0.811. The number of nitrogens with zero attached hydrogens (tertiary/aromatic N) is 1.